The van der Waals surface area contributed by atoms with Gasteiger partial charge in [0.05, 0.1) is 0 Å². The predicted molar refractivity (Wildman–Crippen MR) is 171 cm³/mol. The molecule has 0 N–H and O–H groups in total. The summed E-state index contributed by atoms with van der Waals surface area (Å²) in [6.45, 7) is 0. The average Bonchev–Trinajstić information content (AvgIpc) is 3.02. The van der Waals surface area contributed by atoms with Crippen LogP contribution in [0.3, 0.4) is 0 Å². The van der Waals surface area contributed by atoms with Crippen molar-refractivity contribution in [2.24, 2.45) is 0 Å². The summed E-state index contributed by atoms with van der Waals surface area (Å²) in [6, 6.07) is 59.8. The van der Waals surface area contributed by atoms with Crippen molar-refractivity contribution in [2.45, 2.75) is 0 Å². The second-order valence-corrected chi connectivity index (χ2v) is 12.0. The van der Waals surface area contributed by atoms with Crippen molar-refractivity contribution in [2.75, 3.05) is 0 Å². The first-order chi connectivity index (χ1) is 19.3. The van der Waals surface area contributed by atoms with Crippen molar-refractivity contribution < 1.29 is 0 Å². The van der Waals surface area contributed by atoms with Crippen LogP contribution >= 0.6 is 7.92 Å². The Labute approximate surface area is 231 Å². The molecule has 0 fully saturated rings. The zero-order valence-electron chi connectivity index (χ0n) is 21.5. The number of fused-ring (bicyclic) bond motifs is 2. The fourth-order valence-corrected chi connectivity index (χ4v) is 7.82. The summed E-state index contributed by atoms with van der Waals surface area (Å²) < 4.78 is 0. The minimum Gasteiger partial charge on any atom is -0.0622 e. The summed E-state index contributed by atoms with van der Waals surface area (Å²) in [6.07, 6.45) is 0. The molecular formula is C38H27P. The highest BCUT2D eigenvalue weighted by Crippen LogP contribution is 2.36. The molecule has 0 saturated heterocycles. The normalized spacial score (nSPS) is 11.3. The summed E-state index contributed by atoms with van der Waals surface area (Å²) in [7, 11) is -0.678. The van der Waals surface area contributed by atoms with E-state index >= 15 is 0 Å². The van der Waals surface area contributed by atoms with Gasteiger partial charge >= 0.3 is 0 Å². The molecule has 0 atom stereocenters. The van der Waals surface area contributed by atoms with Crippen LogP contribution in [0.5, 0.6) is 0 Å². The first kappa shape index (κ1) is 23.6. The van der Waals surface area contributed by atoms with Gasteiger partial charge in [0.2, 0.25) is 0 Å². The summed E-state index contributed by atoms with van der Waals surface area (Å²) in [5.41, 5.74) is 5.07. The molecule has 0 amide bonds. The van der Waals surface area contributed by atoms with Crippen LogP contribution in [-0.4, -0.2) is 0 Å². The van der Waals surface area contributed by atoms with Gasteiger partial charge in [0.1, 0.15) is 0 Å². The van der Waals surface area contributed by atoms with Crippen molar-refractivity contribution in [3.8, 4) is 22.3 Å². The van der Waals surface area contributed by atoms with Crippen LogP contribution in [0.2, 0.25) is 0 Å². The van der Waals surface area contributed by atoms with Gasteiger partial charge in [-0.1, -0.05) is 164 Å². The number of hydrogen-bond acceptors (Lipinski definition) is 0. The van der Waals surface area contributed by atoms with Crippen LogP contribution in [0.1, 0.15) is 0 Å². The minimum atomic E-state index is -0.678. The molecular weight excluding hydrogens is 487 g/mol. The van der Waals surface area contributed by atoms with E-state index in [4.69, 9.17) is 0 Å². The third-order valence-corrected chi connectivity index (χ3v) is 9.91. The standard InChI is InChI=1S/C38H27P/c1-2-14-32(15-3-1)39(33-24-20-30(21-25-33)37-18-8-12-28-10-4-6-16-35(28)37)34-26-22-31(23-27-34)38-19-9-13-29-11-5-7-17-36(29)38/h1-27H. The molecule has 0 aromatic heterocycles. The van der Waals surface area contributed by atoms with Crippen molar-refractivity contribution >= 4 is 45.4 Å². The van der Waals surface area contributed by atoms with E-state index < -0.39 is 7.92 Å². The second-order valence-electron chi connectivity index (χ2n) is 9.82. The molecule has 0 bridgehead atoms. The van der Waals surface area contributed by atoms with Crippen molar-refractivity contribution in [3.05, 3.63) is 164 Å². The maximum absolute atomic E-state index is 2.33. The van der Waals surface area contributed by atoms with Crippen LogP contribution in [0.25, 0.3) is 43.8 Å². The van der Waals surface area contributed by atoms with Crippen molar-refractivity contribution in [1.29, 1.82) is 0 Å². The van der Waals surface area contributed by atoms with E-state index in [1.807, 2.05) is 0 Å². The van der Waals surface area contributed by atoms with Gasteiger partial charge in [-0.25, -0.2) is 0 Å². The van der Waals surface area contributed by atoms with Crippen LogP contribution in [-0.2, 0) is 0 Å². The lowest BCUT2D eigenvalue weighted by molar-refractivity contribution is 1.66. The molecule has 0 saturated carbocycles. The largest absolute Gasteiger partial charge is 0.0622 e. The van der Waals surface area contributed by atoms with Crippen molar-refractivity contribution in [1.82, 2.24) is 0 Å². The van der Waals surface area contributed by atoms with Gasteiger partial charge in [-0.2, -0.15) is 0 Å². The minimum absolute atomic E-state index is 0.678. The van der Waals surface area contributed by atoms with Crippen LogP contribution < -0.4 is 15.9 Å². The first-order valence-corrected chi connectivity index (χ1v) is 14.7. The molecule has 1 heteroatoms. The van der Waals surface area contributed by atoms with Gasteiger partial charge in [0.15, 0.2) is 0 Å². The Hall–Kier alpha value is -4.51. The molecule has 7 rings (SSSR count). The molecule has 184 valence electrons. The summed E-state index contributed by atoms with van der Waals surface area (Å²) in [4.78, 5) is 0. The Morgan fingerprint density at radius 1 is 0.282 bits per heavy atom. The van der Waals surface area contributed by atoms with E-state index in [9.17, 15) is 0 Å². The smallest absolute Gasteiger partial charge is 0.0105 e. The molecule has 0 spiro atoms. The fraction of sp³-hybridized carbons (Fsp3) is 0. The Balaban J connectivity index is 1.28. The predicted octanol–water partition coefficient (Wildman–Crippen LogP) is 9.09. The van der Waals surface area contributed by atoms with Crippen LogP contribution in [0, 0.1) is 0 Å². The van der Waals surface area contributed by atoms with Gasteiger partial charge in [-0.15, -0.1) is 0 Å². The first-order valence-electron chi connectivity index (χ1n) is 13.4. The zero-order chi connectivity index (χ0) is 26.0. The van der Waals surface area contributed by atoms with E-state index in [0.29, 0.717) is 0 Å². The molecule has 0 heterocycles. The highest BCUT2D eigenvalue weighted by atomic mass is 31.1. The lowest BCUT2D eigenvalue weighted by atomic mass is 9.98. The van der Waals surface area contributed by atoms with Crippen molar-refractivity contribution in [3.63, 3.8) is 0 Å². The molecule has 0 nitrogen and oxygen atoms in total. The zero-order valence-corrected chi connectivity index (χ0v) is 22.4. The molecule has 39 heavy (non-hydrogen) atoms. The maximum atomic E-state index is 2.33. The quantitative estimate of drug-likeness (QED) is 0.201. The average molecular weight is 515 g/mol. The molecule has 7 aromatic rings. The molecule has 0 aliphatic heterocycles. The summed E-state index contributed by atoms with van der Waals surface area (Å²) >= 11 is 0. The number of benzene rings is 7. The second kappa shape index (κ2) is 10.3. The van der Waals surface area contributed by atoms with Gasteiger partial charge in [-0.3, -0.25) is 0 Å². The van der Waals surface area contributed by atoms with Gasteiger partial charge in [0, 0.05) is 0 Å². The van der Waals surface area contributed by atoms with Crippen LogP contribution in [0.15, 0.2) is 164 Å². The Morgan fingerprint density at radius 3 is 1.15 bits per heavy atom. The Morgan fingerprint density at radius 2 is 0.667 bits per heavy atom. The van der Waals surface area contributed by atoms with E-state index in [1.165, 1.54) is 59.7 Å². The molecule has 7 aromatic carbocycles. The number of hydrogen-bond donors (Lipinski definition) is 0. The number of rotatable bonds is 5. The Bertz CT molecular complexity index is 1750. The third kappa shape index (κ3) is 4.54. The van der Waals surface area contributed by atoms with Gasteiger partial charge in [-0.05, 0) is 67.6 Å². The van der Waals surface area contributed by atoms with E-state index in [2.05, 4.69) is 164 Å². The maximum Gasteiger partial charge on any atom is -0.0105 e. The van der Waals surface area contributed by atoms with Crippen LogP contribution in [0.4, 0.5) is 0 Å². The van der Waals surface area contributed by atoms with E-state index in [1.54, 1.807) is 0 Å². The molecule has 0 aliphatic rings. The Kier molecular flexibility index (Phi) is 6.25. The topological polar surface area (TPSA) is 0 Å². The third-order valence-electron chi connectivity index (χ3n) is 7.47. The SMILES string of the molecule is c1ccc(P(c2ccc(-c3cccc4ccccc34)cc2)c2ccc(-c3cccc4ccccc34)cc2)cc1. The summed E-state index contributed by atoms with van der Waals surface area (Å²) in [5.74, 6) is 0. The highest BCUT2D eigenvalue weighted by Gasteiger charge is 2.17. The van der Waals surface area contributed by atoms with E-state index in [-0.39, 0.29) is 0 Å². The van der Waals surface area contributed by atoms with E-state index in [0.717, 1.165) is 0 Å². The van der Waals surface area contributed by atoms with Gasteiger partial charge in [0.25, 0.3) is 0 Å². The summed E-state index contributed by atoms with van der Waals surface area (Å²) in [5, 5.41) is 9.22. The lowest BCUT2D eigenvalue weighted by Crippen LogP contribution is -2.20. The molecule has 0 radical (unpaired) electrons. The lowest BCUT2D eigenvalue weighted by Gasteiger charge is -2.20. The van der Waals surface area contributed by atoms with Gasteiger partial charge < -0.3 is 0 Å². The highest BCUT2D eigenvalue weighted by molar-refractivity contribution is 7.79. The molecule has 0 unspecified atom stereocenters. The monoisotopic (exact) mass is 514 g/mol. The fourth-order valence-electron chi connectivity index (χ4n) is 5.56. The molecule has 0 aliphatic carbocycles.